The number of carbonyl (C=O) groups is 1. The molecule has 0 spiro atoms. The van der Waals surface area contributed by atoms with Gasteiger partial charge in [-0.15, -0.1) is 0 Å². The molecule has 1 saturated heterocycles. The standard InChI is InChI=1S/C23H28N4O/c1-15-12-23(4,5)27(13-15)21-19(20(25)28)18(10-11-26-21)16-6-8-17(9-7-16)22(2,3)14-24/h6-11,15H,12-13H2,1-5H3,(H2,25,28). The molecule has 1 unspecified atom stereocenters. The van der Waals surface area contributed by atoms with Gasteiger partial charge < -0.3 is 10.6 Å². The maximum atomic E-state index is 12.5. The van der Waals surface area contributed by atoms with E-state index in [4.69, 9.17) is 5.73 Å². The molecule has 2 N–H and O–H groups in total. The number of carbonyl (C=O) groups excluding carboxylic acids is 1. The van der Waals surface area contributed by atoms with Gasteiger partial charge >= 0.3 is 0 Å². The van der Waals surface area contributed by atoms with Crippen LogP contribution in [-0.2, 0) is 5.41 Å². The molecule has 0 radical (unpaired) electrons. The SMILES string of the molecule is CC1CN(c2nccc(-c3ccc(C(C)(C)C#N)cc3)c2C(N)=O)C(C)(C)C1. The van der Waals surface area contributed by atoms with E-state index in [2.05, 4.69) is 36.7 Å². The second-order valence-corrected chi connectivity index (χ2v) is 8.97. The molecule has 2 aromatic rings. The normalized spacial score (nSPS) is 18.7. The van der Waals surface area contributed by atoms with Crippen LogP contribution in [0.25, 0.3) is 11.1 Å². The Morgan fingerprint density at radius 2 is 1.93 bits per heavy atom. The van der Waals surface area contributed by atoms with Crippen molar-refractivity contribution < 1.29 is 4.79 Å². The monoisotopic (exact) mass is 376 g/mol. The quantitative estimate of drug-likeness (QED) is 0.863. The summed E-state index contributed by atoms with van der Waals surface area (Å²) in [6.07, 6.45) is 2.78. The third kappa shape index (κ3) is 3.47. The molecule has 5 nitrogen and oxygen atoms in total. The number of rotatable bonds is 4. The highest BCUT2D eigenvalue weighted by Crippen LogP contribution is 2.39. The lowest BCUT2D eigenvalue weighted by atomic mass is 9.85. The largest absolute Gasteiger partial charge is 0.365 e. The Kier molecular flexibility index (Phi) is 4.93. The Morgan fingerprint density at radius 3 is 2.43 bits per heavy atom. The summed E-state index contributed by atoms with van der Waals surface area (Å²) in [5.74, 6) is 0.698. The summed E-state index contributed by atoms with van der Waals surface area (Å²) in [4.78, 5) is 19.2. The van der Waals surface area contributed by atoms with Crippen LogP contribution in [0.3, 0.4) is 0 Å². The van der Waals surface area contributed by atoms with Gasteiger partial charge in [0.05, 0.1) is 17.0 Å². The van der Waals surface area contributed by atoms with Crippen molar-refractivity contribution in [2.75, 3.05) is 11.4 Å². The van der Waals surface area contributed by atoms with Gasteiger partial charge in [-0.05, 0) is 62.8 Å². The van der Waals surface area contributed by atoms with Crippen molar-refractivity contribution in [1.29, 1.82) is 5.26 Å². The van der Waals surface area contributed by atoms with Crippen LogP contribution in [0.2, 0.25) is 0 Å². The van der Waals surface area contributed by atoms with E-state index < -0.39 is 11.3 Å². The van der Waals surface area contributed by atoms with E-state index in [1.54, 1.807) is 6.20 Å². The van der Waals surface area contributed by atoms with Crippen molar-refractivity contribution in [3.05, 3.63) is 47.7 Å². The van der Waals surface area contributed by atoms with Gasteiger partial charge in [0, 0.05) is 18.3 Å². The second-order valence-electron chi connectivity index (χ2n) is 8.97. The topological polar surface area (TPSA) is 83.0 Å². The van der Waals surface area contributed by atoms with Gasteiger partial charge in [-0.25, -0.2) is 4.98 Å². The molecule has 0 saturated carbocycles. The first-order chi connectivity index (χ1) is 13.1. The molecule has 1 aromatic heterocycles. The van der Waals surface area contributed by atoms with E-state index in [0.717, 1.165) is 29.7 Å². The van der Waals surface area contributed by atoms with Crippen molar-refractivity contribution in [2.45, 2.75) is 52.0 Å². The fraction of sp³-hybridized carbons (Fsp3) is 0.435. The van der Waals surface area contributed by atoms with Gasteiger partial charge in [0.25, 0.3) is 5.91 Å². The summed E-state index contributed by atoms with van der Waals surface area (Å²) < 4.78 is 0. The van der Waals surface area contributed by atoms with Crippen LogP contribution in [-0.4, -0.2) is 23.0 Å². The first-order valence-corrected chi connectivity index (χ1v) is 9.65. The van der Waals surface area contributed by atoms with Gasteiger partial charge in [-0.3, -0.25) is 4.79 Å². The van der Waals surface area contributed by atoms with Crippen LogP contribution < -0.4 is 10.6 Å². The highest BCUT2D eigenvalue weighted by Gasteiger charge is 2.39. The van der Waals surface area contributed by atoms with E-state index in [9.17, 15) is 10.1 Å². The average molecular weight is 377 g/mol. The number of primary amides is 1. The molecule has 3 rings (SSSR count). The molecule has 5 heteroatoms. The van der Waals surface area contributed by atoms with Crippen LogP contribution in [0.4, 0.5) is 5.82 Å². The smallest absolute Gasteiger partial charge is 0.253 e. The minimum absolute atomic E-state index is 0.0874. The van der Waals surface area contributed by atoms with Gasteiger partial charge in [0.2, 0.25) is 0 Å². The zero-order valence-electron chi connectivity index (χ0n) is 17.3. The van der Waals surface area contributed by atoms with Crippen LogP contribution in [0.5, 0.6) is 0 Å². The van der Waals surface area contributed by atoms with E-state index >= 15 is 0 Å². The van der Waals surface area contributed by atoms with E-state index in [1.165, 1.54) is 0 Å². The Hall–Kier alpha value is -2.87. The Balaban J connectivity index is 2.11. The Bertz CT molecular complexity index is 938. The number of aromatic nitrogens is 1. The van der Waals surface area contributed by atoms with Crippen LogP contribution in [0, 0.1) is 17.2 Å². The molecule has 0 aliphatic carbocycles. The summed E-state index contributed by atoms with van der Waals surface area (Å²) in [5, 5.41) is 9.35. The Labute approximate surface area is 167 Å². The van der Waals surface area contributed by atoms with E-state index in [1.807, 2.05) is 44.2 Å². The number of hydrogen-bond acceptors (Lipinski definition) is 4. The lowest BCUT2D eigenvalue weighted by molar-refractivity contribution is 0.100. The molecule has 1 aliphatic rings. The summed E-state index contributed by atoms with van der Waals surface area (Å²) in [7, 11) is 0. The number of pyridine rings is 1. The van der Waals surface area contributed by atoms with Crippen molar-refractivity contribution in [1.82, 2.24) is 4.98 Å². The molecular formula is C23H28N4O. The molecule has 0 bridgehead atoms. The van der Waals surface area contributed by atoms with Crippen LogP contribution >= 0.6 is 0 Å². The minimum atomic E-state index is -0.565. The van der Waals surface area contributed by atoms with Gasteiger partial charge in [-0.1, -0.05) is 31.2 Å². The van der Waals surface area contributed by atoms with Gasteiger partial charge in [0.15, 0.2) is 0 Å². The molecule has 1 aliphatic heterocycles. The summed E-state index contributed by atoms with van der Waals surface area (Å²) in [6, 6.07) is 11.9. The second kappa shape index (κ2) is 6.94. The summed E-state index contributed by atoms with van der Waals surface area (Å²) >= 11 is 0. The van der Waals surface area contributed by atoms with Crippen molar-refractivity contribution >= 4 is 11.7 Å². The highest BCUT2D eigenvalue weighted by molar-refractivity contribution is 6.04. The molecule has 1 fully saturated rings. The third-order valence-corrected chi connectivity index (χ3v) is 5.70. The number of nitrogens with two attached hydrogens (primary N) is 1. The van der Waals surface area contributed by atoms with Crippen molar-refractivity contribution in [3.63, 3.8) is 0 Å². The lowest BCUT2D eigenvalue weighted by Crippen LogP contribution is -2.40. The number of anilines is 1. The fourth-order valence-corrected chi connectivity index (χ4v) is 4.23. The highest BCUT2D eigenvalue weighted by atomic mass is 16.1. The number of amides is 1. The maximum absolute atomic E-state index is 12.5. The zero-order valence-corrected chi connectivity index (χ0v) is 17.3. The number of hydrogen-bond donors (Lipinski definition) is 1. The van der Waals surface area contributed by atoms with Gasteiger partial charge in [0.1, 0.15) is 5.82 Å². The summed E-state index contributed by atoms with van der Waals surface area (Å²) in [5.41, 5.74) is 8.21. The molecule has 28 heavy (non-hydrogen) atoms. The van der Waals surface area contributed by atoms with Crippen LogP contribution in [0.15, 0.2) is 36.5 Å². The molecule has 1 amide bonds. The summed E-state index contributed by atoms with van der Waals surface area (Å²) in [6.45, 7) is 11.2. The molecular weight excluding hydrogens is 348 g/mol. The number of nitriles is 1. The Morgan fingerprint density at radius 1 is 1.29 bits per heavy atom. The maximum Gasteiger partial charge on any atom is 0.253 e. The lowest BCUT2D eigenvalue weighted by Gasteiger charge is -2.34. The minimum Gasteiger partial charge on any atom is -0.365 e. The zero-order chi connectivity index (χ0) is 20.7. The average Bonchev–Trinajstić information content (AvgIpc) is 2.93. The van der Waals surface area contributed by atoms with E-state index in [0.29, 0.717) is 17.3 Å². The number of nitrogens with zero attached hydrogens (tertiary/aromatic N) is 3. The third-order valence-electron chi connectivity index (χ3n) is 5.70. The molecule has 1 atom stereocenters. The van der Waals surface area contributed by atoms with Crippen molar-refractivity contribution in [2.24, 2.45) is 11.7 Å². The van der Waals surface area contributed by atoms with Crippen molar-refractivity contribution in [3.8, 4) is 17.2 Å². The van der Waals surface area contributed by atoms with Crippen LogP contribution in [0.1, 0.15) is 57.0 Å². The molecule has 2 heterocycles. The predicted octanol–water partition coefficient (Wildman–Crippen LogP) is 4.27. The van der Waals surface area contributed by atoms with Gasteiger partial charge in [-0.2, -0.15) is 5.26 Å². The van der Waals surface area contributed by atoms with E-state index in [-0.39, 0.29) is 5.54 Å². The first kappa shape index (κ1) is 19.9. The molecule has 146 valence electrons. The number of benzene rings is 1. The first-order valence-electron chi connectivity index (χ1n) is 9.65. The fourth-order valence-electron chi connectivity index (χ4n) is 4.23. The predicted molar refractivity (Wildman–Crippen MR) is 112 cm³/mol. The molecule has 1 aromatic carbocycles.